The van der Waals surface area contributed by atoms with Crippen molar-refractivity contribution in [1.29, 1.82) is 0 Å². The lowest BCUT2D eigenvalue weighted by atomic mass is 10.1. The van der Waals surface area contributed by atoms with Gasteiger partial charge in [0.05, 0.1) is 10.5 Å². The molecule has 0 radical (unpaired) electrons. The Morgan fingerprint density at radius 1 is 1.62 bits per heavy atom. The van der Waals surface area contributed by atoms with E-state index in [4.69, 9.17) is 18.0 Å². The first-order valence-corrected chi connectivity index (χ1v) is 4.80. The molecule has 0 amide bonds. The number of nitrogens with one attached hydrogen (secondary N) is 1. The zero-order chi connectivity index (χ0) is 12.3. The van der Waals surface area contributed by atoms with Gasteiger partial charge in [-0.15, -0.1) is 6.42 Å². The van der Waals surface area contributed by atoms with Crippen molar-refractivity contribution in [2.75, 3.05) is 5.32 Å². The van der Waals surface area contributed by atoms with Gasteiger partial charge in [0, 0.05) is 6.07 Å². The van der Waals surface area contributed by atoms with Gasteiger partial charge in [0.15, 0.2) is 0 Å². The largest absolute Gasteiger partial charge is 0.349 e. The molecular formula is C10H10ClN3O2. The lowest BCUT2D eigenvalue weighted by Crippen LogP contribution is -2.29. The highest BCUT2D eigenvalue weighted by Gasteiger charge is 2.22. The van der Waals surface area contributed by atoms with Crippen LogP contribution in [-0.4, -0.2) is 15.4 Å². The Morgan fingerprint density at radius 2 is 2.25 bits per heavy atom. The third-order valence-electron chi connectivity index (χ3n) is 1.83. The molecule has 0 fully saturated rings. The van der Waals surface area contributed by atoms with Gasteiger partial charge in [0.25, 0.3) is 0 Å². The molecule has 0 aliphatic heterocycles. The van der Waals surface area contributed by atoms with Crippen LogP contribution in [0.25, 0.3) is 0 Å². The van der Waals surface area contributed by atoms with Gasteiger partial charge in [0.2, 0.25) is 5.82 Å². The average molecular weight is 240 g/mol. The summed E-state index contributed by atoms with van der Waals surface area (Å²) in [6.07, 6.45) is 5.28. The Hall–Kier alpha value is -1.80. The minimum absolute atomic E-state index is 0.0699. The van der Waals surface area contributed by atoms with E-state index in [-0.39, 0.29) is 16.7 Å². The predicted molar refractivity (Wildman–Crippen MR) is 62.4 cm³/mol. The number of nitro groups is 1. The summed E-state index contributed by atoms with van der Waals surface area (Å²) < 4.78 is 0. The number of hydrogen-bond donors (Lipinski definition) is 1. The third-order valence-corrected chi connectivity index (χ3v) is 2.04. The highest BCUT2D eigenvalue weighted by Crippen LogP contribution is 2.26. The van der Waals surface area contributed by atoms with Gasteiger partial charge in [-0.05, 0) is 19.9 Å². The van der Waals surface area contributed by atoms with Gasteiger partial charge < -0.3 is 5.32 Å². The first kappa shape index (κ1) is 12.3. The van der Waals surface area contributed by atoms with Crippen molar-refractivity contribution in [3.8, 4) is 12.3 Å². The van der Waals surface area contributed by atoms with E-state index < -0.39 is 10.5 Å². The van der Waals surface area contributed by atoms with Crippen molar-refractivity contribution in [2.45, 2.75) is 19.4 Å². The van der Waals surface area contributed by atoms with E-state index in [0.717, 1.165) is 0 Å². The number of pyridine rings is 1. The van der Waals surface area contributed by atoms with Crippen LogP contribution in [0.4, 0.5) is 11.5 Å². The maximum Gasteiger partial charge on any atom is 0.311 e. The summed E-state index contributed by atoms with van der Waals surface area (Å²) in [5, 5.41) is 13.7. The Kier molecular flexibility index (Phi) is 3.35. The summed E-state index contributed by atoms with van der Waals surface area (Å²) in [4.78, 5) is 14.0. The standard InChI is InChI=1S/C10H10ClN3O2/c1-4-10(2,3)13-9-7(14(15)16)5-6-8(11)12-9/h1,5-6H,2-3H3,(H,12,13). The van der Waals surface area contributed by atoms with E-state index in [1.807, 2.05) is 0 Å². The maximum atomic E-state index is 10.7. The number of aromatic nitrogens is 1. The van der Waals surface area contributed by atoms with Crippen molar-refractivity contribution in [3.05, 3.63) is 27.4 Å². The van der Waals surface area contributed by atoms with Crippen LogP contribution in [-0.2, 0) is 0 Å². The monoisotopic (exact) mass is 239 g/mol. The molecule has 5 nitrogen and oxygen atoms in total. The molecule has 6 heteroatoms. The van der Waals surface area contributed by atoms with Crippen molar-refractivity contribution in [1.82, 2.24) is 4.98 Å². The second-order valence-electron chi connectivity index (χ2n) is 3.65. The van der Waals surface area contributed by atoms with Gasteiger partial charge in [0.1, 0.15) is 5.15 Å². The quantitative estimate of drug-likeness (QED) is 0.381. The van der Waals surface area contributed by atoms with Gasteiger partial charge in [-0.1, -0.05) is 17.5 Å². The normalized spacial score (nSPS) is 10.6. The first-order valence-electron chi connectivity index (χ1n) is 4.42. The Balaban J connectivity index is 3.17. The molecule has 84 valence electrons. The molecule has 1 rings (SSSR count). The van der Waals surface area contributed by atoms with E-state index in [1.54, 1.807) is 13.8 Å². The summed E-state index contributed by atoms with van der Waals surface area (Å²) in [6, 6.07) is 2.64. The van der Waals surface area contributed by atoms with E-state index in [9.17, 15) is 10.1 Å². The van der Waals surface area contributed by atoms with Crippen LogP contribution in [0.2, 0.25) is 5.15 Å². The third kappa shape index (κ3) is 2.84. The molecule has 0 unspecified atom stereocenters. The number of terminal acetylenes is 1. The summed E-state index contributed by atoms with van der Waals surface area (Å²) in [5.41, 5.74) is -0.893. The van der Waals surface area contributed by atoms with Crippen molar-refractivity contribution in [3.63, 3.8) is 0 Å². The fourth-order valence-corrected chi connectivity index (χ4v) is 1.15. The summed E-state index contributed by atoms with van der Waals surface area (Å²) in [6.45, 7) is 3.42. The highest BCUT2D eigenvalue weighted by molar-refractivity contribution is 6.29. The fourth-order valence-electron chi connectivity index (χ4n) is 0.999. The number of hydrogen-bond acceptors (Lipinski definition) is 4. The van der Waals surface area contributed by atoms with Crippen LogP contribution in [0, 0.1) is 22.5 Å². The molecule has 0 saturated carbocycles. The van der Waals surface area contributed by atoms with Gasteiger partial charge in [-0.2, -0.15) is 0 Å². The molecule has 1 aromatic heterocycles. The summed E-state index contributed by atoms with van der Waals surface area (Å²) >= 11 is 5.67. The zero-order valence-electron chi connectivity index (χ0n) is 8.82. The topological polar surface area (TPSA) is 68.1 Å². The first-order chi connectivity index (χ1) is 7.35. The number of anilines is 1. The predicted octanol–water partition coefficient (Wildman–Crippen LogP) is 2.47. The van der Waals surface area contributed by atoms with E-state index >= 15 is 0 Å². The Morgan fingerprint density at radius 3 is 2.75 bits per heavy atom. The fraction of sp³-hybridized carbons (Fsp3) is 0.300. The Labute approximate surface area is 98.0 Å². The molecule has 0 aliphatic carbocycles. The van der Waals surface area contributed by atoms with Crippen LogP contribution >= 0.6 is 11.6 Å². The molecule has 0 aromatic carbocycles. The van der Waals surface area contributed by atoms with E-state index in [0.29, 0.717) is 0 Å². The van der Waals surface area contributed by atoms with Crippen LogP contribution in [0.3, 0.4) is 0 Å². The molecule has 0 saturated heterocycles. The minimum Gasteiger partial charge on any atom is -0.349 e. The molecule has 1 N–H and O–H groups in total. The van der Waals surface area contributed by atoms with Crippen LogP contribution in [0.15, 0.2) is 12.1 Å². The lowest BCUT2D eigenvalue weighted by molar-refractivity contribution is -0.384. The van der Waals surface area contributed by atoms with Crippen LogP contribution in [0.5, 0.6) is 0 Å². The summed E-state index contributed by atoms with van der Waals surface area (Å²) in [5.74, 6) is 2.53. The van der Waals surface area contributed by atoms with Crippen LogP contribution in [0.1, 0.15) is 13.8 Å². The van der Waals surface area contributed by atoms with E-state index in [2.05, 4.69) is 16.2 Å². The molecule has 0 bridgehead atoms. The molecular weight excluding hydrogens is 230 g/mol. The van der Waals surface area contributed by atoms with Gasteiger partial charge in [-0.3, -0.25) is 10.1 Å². The number of halogens is 1. The van der Waals surface area contributed by atoms with E-state index in [1.165, 1.54) is 12.1 Å². The molecule has 16 heavy (non-hydrogen) atoms. The van der Waals surface area contributed by atoms with Crippen molar-refractivity contribution >= 4 is 23.1 Å². The van der Waals surface area contributed by atoms with Crippen molar-refractivity contribution < 1.29 is 4.92 Å². The maximum absolute atomic E-state index is 10.7. The smallest absolute Gasteiger partial charge is 0.311 e. The molecule has 0 atom stereocenters. The van der Waals surface area contributed by atoms with Gasteiger partial charge >= 0.3 is 5.69 Å². The average Bonchev–Trinajstić information content (AvgIpc) is 2.16. The second kappa shape index (κ2) is 4.37. The zero-order valence-corrected chi connectivity index (χ0v) is 9.58. The highest BCUT2D eigenvalue weighted by atomic mass is 35.5. The molecule has 0 spiro atoms. The molecule has 1 heterocycles. The lowest BCUT2D eigenvalue weighted by Gasteiger charge is -2.19. The minimum atomic E-state index is -0.734. The number of nitrogens with zero attached hydrogens (tertiary/aromatic N) is 2. The van der Waals surface area contributed by atoms with Gasteiger partial charge in [-0.25, -0.2) is 4.98 Å². The van der Waals surface area contributed by atoms with Crippen LogP contribution < -0.4 is 5.32 Å². The molecule has 1 aromatic rings. The second-order valence-corrected chi connectivity index (χ2v) is 4.04. The summed E-state index contributed by atoms with van der Waals surface area (Å²) in [7, 11) is 0. The Bertz CT molecular complexity index is 466. The SMILES string of the molecule is C#CC(C)(C)Nc1nc(Cl)ccc1[N+](=O)[O-]. The molecule has 0 aliphatic rings. The van der Waals surface area contributed by atoms with Crippen molar-refractivity contribution in [2.24, 2.45) is 0 Å². The number of rotatable bonds is 3.